The number of likely N-dealkylation sites (N-methyl/N-ethyl adjacent to an activating group) is 2. The molecule has 0 saturated carbocycles. The Balaban J connectivity index is 1.71. The molecule has 23 heavy (non-hydrogen) atoms. The minimum absolute atomic E-state index is 0.366. The second-order valence-electron chi connectivity index (χ2n) is 5.54. The maximum atomic E-state index is 6.03. The van der Waals surface area contributed by atoms with Gasteiger partial charge in [-0.2, -0.15) is 4.98 Å². The molecule has 0 N–H and O–H groups in total. The fraction of sp³-hybridized carbons (Fsp3) is 0.786. The second-order valence-corrected chi connectivity index (χ2v) is 5.90. The van der Waals surface area contributed by atoms with E-state index in [9.17, 15) is 0 Å². The van der Waals surface area contributed by atoms with Crippen molar-refractivity contribution in [2.24, 2.45) is 0 Å². The zero-order chi connectivity index (χ0) is 16.7. The third kappa shape index (κ3) is 6.06. The summed E-state index contributed by atoms with van der Waals surface area (Å²) < 4.78 is 10.4. The van der Waals surface area contributed by atoms with Crippen LogP contribution in [0.3, 0.4) is 0 Å². The van der Waals surface area contributed by atoms with Gasteiger partial charge in [0.25, 0.3) is 0 Å². The predicted octanol–water partition coefficient (Wildman–Crippen LogP) is 0.376. The van der Waals surface area contributed by atoms with Gasteiger partial charge in [0.15, 0.2) is 11.0 Å². The van der Waals surface area contributed by atoms with Crippen LogP contribution in [0.15, 0.2) is 0 Å². The molecule has 1 aliphatic heterocycles. The molecule has 0 spiro atoms. The molecular formula is C14H25ClN6O2. The third-order valence-corrected chi connectivity index (χ3v) is 3.82. The van der Waals surface area contributed by atoms with Crippen molar-refractivity contribution in [2.45, 2.75) is 0 Å². The molecule has 0 atom stereocenters. The lowest BCUT2D eigenvalue weighted by molar-refractivity contribution is 0.0609. The highest BCUT2D eigenvalue weighted by atomic mass is 35.5. The average molecular weight is 345 g/mol. The number of nitrogens with zero attached hydrogens (tertiary/aromatic N) is 6. The summed E-state index contributed by atoms with van der Waals surface area (Å²) in [5.41, 5.74) is 0. The molecule has 0 amide bonds. The predicted molar refractivity (Wildman–Crippen MR) is 90.5 cm³/mol. The molecule has 1 aromatic heterocycles. The molecule has 1 fully saturated rings. The van der Waals surface area contributed by atoms with E-state index in [1.807, 2.05) is 11.9 Å². The highest BCUT2D eigenvalue weighted by molar-refractivity contribution is 6.31. The second kappa shape index (κ2) is 9.17. The maximum absolute atomic E-state index is 6.03. The third-order valence-electron chi connectivity index (χ3n) is 3.57. The minimum Gasteiger partial charge on any atom is -0.382 e. The van der Waals surface area contributed by atoms with Crippen LogP contribution >= 0.6 is 11.6 Å². The lowest BCUT2D eigenvalue weighted by Crippen LogP contribution is -2.33. The van der Waals surface area contributed by atoms with Crippen molar-refractivity contribution in [3.8, 4) is 0 Å². The summed E-state index contributed by atoms with van der Waals surface area (Å²) in [5, 5.41) is 8.43. The van der Waals surface area contributed by atoms with Crippen molar-refractivity contribution in [3.05, 3.63) is 5.15 Å². The molecule has 2 rings (SSSR count). The van der Waals surface area contributed by atoms with E-state index in [1.165, 1.54) is 0 Å². The van der Waals surface area contributed by atoms with Crippen molar-refractivity contribution >= 4 is 23.4 Å². The lowest BCUT2D eigenvalue weighted by Gasteiger charge is -2.22. The Hall–Kier alpha value is -1.22. The number of rotatable bonds is 11. The Labute approximate surface area is 142 Å². The number of methoxy groups -OCH3 is 1. The zero-order valence-corrected chi connectivity index (χ0v) is 14.8. The Bertz CT molecular complexity index is 488. The number of hydrogen-bond acceptors (Lipinski definition) is 8. The molecule has 0 unspecified atom stereocenters. The summed E-state index contributed by atoms with van der Waals surface area (Å²) >= 11 is 6.03. The maximum Gasteiger partial charge on any atom is 0.247 e. The number of halogens is 1. The van der Waals surface area contributed by atoms with Crippen LogP contribution in [0.2, 0.25) is 5.15 Å². The van der Waals surface area contributed by atoms with Crippen LogP contribution in [-0.2, 0) is 9.47 Å². The van der Waals surface area contributed by atoms with Crippen molar-refractivity contribution in [1.82, 2.24) is 20.1 Å². The minimum atomic E-state index is 0.366. The van der Waals surface area contributed by atoms with Crippen LogP contribution in [0.5, 0.6) is 0 Å². The molecule has 0 aromatic carbocycles. The largest absolute Gasteiger partial charge is 0.382 e. The summed E-state index contributed by atoms with van der Waals surface area (Å²) in [7, 11) is 5.69. The van der Waals surface area contributed by atoms with E-state index in [0.29, 0.717) is 30.9 Å². The molecule has 1 aliphatic rings. The van der Waals surface area contributed by atoms with E-state index < -0.39 is 0 Å². The van der Waals surface area contributed by atoms with Crippen LogP contribution in [-0.4, -0.2) is 93.8 Å². The Kier molecular flexibility index (Phi) is 7.22. The van der Waals surface area contributed by atoms with E-state index in [0.717, 1.165) is 38.5 Å². The number of ether oxygens (including phenoxy) is 2. The highest BCUT2D eigenvalue weighted by Crippen LogP contribution is 2.26. The van der Waals surface area contributed by atoms with Crippen molar-refractivity contribution in [1.29, 1.82) is 0 Å². The first-order valence-electron chi connectivity index (χ1n) is 7.73. The van der Waals surface area contributed by atoms with E-state index in [2.05, 4.69) is 32.0 Å². The van der Waals surface area contributed by atoms with Gasteiger partial charge in [-0.3, -0.25) is 0 Å². The topological polar surface area (TPSA) is 66.6 Å². The van der Waals surface area contributed by atoms with Gasteiger partial charge in [0.1, 0.15) is 0 Å². The van der Waals surface area contributed by atoms with Gasteiger partial charge in [-0.25, -0.2) is 0 Å². The fourth-order valence-electron chi connectivity index (χ4n) is 1.92. The van der Waals surface area contributed by atoms with Gasteiger partial charge in [0.2, 0.25) is 5.95 Å². The normalized spacial score (nSPS) is 13.7. The van der Waals surface area contributed by atoms with Crippen LogP contribution in [0, 0.1) is 0 Å². The van der Waals surface area contributed by atoms with E-state index in [1.54, 1.807) is 7.11 Å². The molecule has 0 radical (unpaired) electrons. The fourth-order valence-corrected chi connectivity index (χ4v) is 2.12. The van der Waals surface area contributed by atoms with E-state index >= 15 is 0 Å². The summed E-state index contributed by atoms with van der Waals surface area (Å²) in [6, 6.07) is 0. The van der Waals surface area contributed by atoms with Crippen LogP contribution < -0.4 is 9.80 Å². The van der Waals surface area contributed by atoms with Gasteiger partial charge in [-0.05, 0) is 7.05 Å². The Morgan fingerprint density at radius 2 is 1.87 bits per heavy atom. The highest BCUT2D eigenvalue weighted by Gasteiger charge is 2.24. The van der Waals surface area contributed by atoms with Gasteiger partial charge in [0.05, 0.1) is 19.8 Å². The molecule has 2 heterocycles. The van der Waals surface area contributed by atoms with Gasteiger partial charge in [0, 0.05) is 46.9 Å². The molecule has 1 aromatic rings. The van der Waals surface area contributed by atoms with Crippen LogP contribution in [0.1, 0.15) is 0 Å². The number of hydrogen-bond donors (Lipinski definition) is 0. The monoisotopic (exact) mass is 344 g/mol. The molecule has 130 valence electrons. The summed E-state index contributed by atoms with van der Waals surface area (Å²) in [6.45, 7) is 6.48. The molecular weight excluding hydrogens is 320 g/mol. The molecule has 9 heteroatoms. The molecule has 0 aliphatic carbocycles. The van der Waals surface area contributed by atoms with Gasteiger partial charge >= 0.3 is 0 Å². The van der Waals surface area contributed by atoms with Crippen LogP contribution in [0.4, 0.5) is 11.8 Å². The van der Waals surface area contributed by atoms with Gasteiger partial charge in [-0.1, -0.05) is 11.6 Å². The first kappa shape index (κ1) is 18.1. The first-order valence-corrected chi connectivity index (χ1v) is 8.11. The van der Waals surface area contributed by atoms with Gasteiger partial charge < -0.3 is 24.2 Å². The molecule has 0 bridgehead atoms. The molecule has 8 nitrogen and oxygen atoms in total. The Morgan fingerprint density at radius 1 is 1.09 bits per heavy atom. The molecule has 1 saturated heterocycles. The van der Waals surface area contributed by atoms with Crippen LogP contribution in [0.25, 0.3) is 0 Å². The zero-order valence-electron chi connectivity index (χ0n) is 14.0. The summed E-state index contributed by atoms with van der Waals surface area (Å²) in [4.78, 5) is 10.8. The quantitative estimate of drug-likeness (QED) is 0.421. The van der Waals surface area contributed by atoms with Gasteiger partial charge in [-0.15, -0.1) is 10.2 Å². The van der Waals surface area contributed by atoms with Crippen molar-refractivity contribution in [3.63, 3.8) is 0 Å². The first-order chi connectivity index (χ1) is 11.1. The van der Waals surface area contributed by atoms with Crippen molar-refractivity contribution in [2.75, 3.05) is 83.5 Å². The number of aromatic nitrogens is 3. The van der Waals surface area contributed by atoms with E-state index in [4.69, 9.17) is 21.1 Å². The SMILES string of the molecule is COCCOCCN(C)CCN(C)c1nnc(Cl)c(N2CC2)n1. The summed E-state index contributed by atoms with van der Waals surface area (Å²) in [6.07, 6.45) is 0. The lowest BCUT2D eigenvalue weighted by atomic mass is 10.5. The smallest absolute Gasteiger partial charge is 0.247 e. The Morgan fingerprint density at radius 3 is 2.57 bits per heavy atom. The van der Waals surface area contributed by atoms with Crippen molar-refractivity contribution < 1.29 is 9.47 Å². The standard InChI is InChI=1S/C14H25ClN6O2/c1-19(8-9-23-11-10-22-3)4-5-20(2)14-16-13(21-6-7-21)12(15)17-18-14/h4-11H2,1-3H3. The summed E-state index contributed by atoms with van der Waals surface area (Å²) in [5.74, 6) is 1.32. The number of anilines is 2. The van der Waals surface area contributed by atoms with E-state index in [-0.39, 0.29) is 0 Å². The average Bonchev–Trinajstić information content (AvgIpc) is 3.37.